The lowest BCUT2D eigenvalue weighted by atomic mass is 10.1. The Morgan fingerprint density at radius 1 is 1.50 bits per heavy atom. The number of hydrogen-bond acceptors (Lipinski definition) is 5. The molecule has 3 N–H and O–H groups in total. The van der Waals surface area contributed by atoms with E-state index in [1.807, 2.05) is 25.3 Å². The maximum absolute atomic E-state index is 12.0. The molecule has 0 aromatic carbocycles. The summed E-state index contributed by atoms with van der Waals surface area (Å²) in [5, 5.41) is 4.22. The van der Waals surface area contributed by atoms with E-state index in [1.165, 1.54) is 16.2 Å². The Kier molecular flexibility index (Phi) is 4.24. The number of nitrogens with zero attached hydrogens (tertiary/aromatic N) is 2. The lowest BCUT2D eigenvalue weighted by Gasteiger charge is -2.13. The number of rotatable bonds is 4. The number of nitrogen functional groups attached to an aromatic ring is 1. The normalized spacial score (nSPS) is 11.9. The lowest BCUT2D eigenvalue weighted by molar-refractivity contribution is 0.0833. The third-order valence-corrected chi connectivity index (χ3v) is 3.97. The van der Waals surface area contributed by atoms with Crippen molar-refractivity contribution in [1.82, 2.24) is 9.88 Å². The zero-order valence-electron chi connectivity index (χ0n) is 11.8. The Hall–Kier alpha value is -2.08. The standard InChI is InChI=1S/C14H18N4OS/c1-9(10-5-4-6-16-8-10)17-12-7-11(15)13(20-12)14(19)18(2)3/h4-9,17H,15H2,1-3H3. The monoisotopic (exact) mass is 290 g/mol. The summed E-state index contributed by atoms with van der Waals surface area (Å²) in [6.07, 6.45) is 3.56. The summed E-state index contributed by atoms with van der Waals surface area (Å²) in [5.41, 5.74) is 7.50. The minimum atomic E-state index is -0.0745. The minimum absolute atomic E-state index is 0.0745. The zero-order valence-corrected chi connectivity index (χ0v) is 12.6. The van der Waals surface area contributed by atoms with Crippen molar-refractivity contribution in [3.8, 4) is 0 Å². The highest BCUT2D eigenvalue weighted by molar-refractivity contribution is 7.18. The first kappa shape index (κ1) is 14.3. The van der Waals surface area contributed by atoms with E-state index in [1.54, 1.807) is 26.4 Å². The summed E-state index contributed by atoms with van der Waals surface area (Å²) in [4.78, 5) is 18.1. The van der Waals surface area contributed by atoms with Crippen molar-refractivity contribution < 1.29 is 4.79 Å². The van der Waals surface area contributed by atoms with Crippen LogP contribution < -0.4 is 11.1 Å². The SMILES string of the molecule is CC(Nc1cc(N)c(C(=O)N(C)C)s1)c1cccnc1. The van der Waals surface area contributed by atoms with E-state index in [2.05, 4.69) is 10.3 Å². The van der Waals surface area contributed by atoms with Crippen molar-refractivity contribution in [1.29, 1.82) is 0 Å². The number of thiophene rings is 1. The van der Waals surface area contributed by atoms with E-state index in [-0.39, 0.29) is 11.9 Å². The molecule has 5 nitrogen and oxygen atoms in total. The first-order chi connectivity index (χ1) is 9.49. The molecule has 1 atom stereocenters. The molecule has 0 aliphatic rings. The highest BCUT2D eigenvalue weighted by atomic mass is 32.1. The van der Waals surface area contributed by atoms with Crippen LogP contribution in [0, 0.1) is 0 Å². The first-order valence-corrected chi connectivity index (χ1v) is 7.08. The Balaban J connectivity index is 2.15. The van der Waals surface area contributed by atoms with E-state index in [9.17, 15) is 4.79 Å². The van der Waals surface area contributed by atoms with E-state index < -0.39 is 0 Å². The van der Waals surface area contributed by atoms with Crippen LogP contribution in [0.3, 0.4) is 0 Å². The van der Waals surface area contributed by atoms with Crippen molar-refractivity contribution in [2.24, 2.45) is 0 Å². The van der Waals surface area contributed by atoms with Crippen molar-refractivity contribution in [2.45, 2.75) is 13.0 Å². The lowest BCUT2D eigenvalue weighted by Crippen LogP contribution is -2.21. The summed E-state index contributed by atoms with van der Waals surface area (Å²) in [7, 11) is 3.43. The van der Waals surface area contributed by atoms with Gasteiger partial charge in [-0.3, -0.25) is 9.78 Å². The van der Waals surface area contributed by atoms with Gasteiger partial charge in [-0.05, 0) is 24.6 Å². The second-order valence-corrected chi connectivity index (χ2v) is 5.80. The van der Waals surface area contributed by atoms with Gasteiger partial charge in [0.05, 0.1) is 16.7 Å². The molecule has 2 rings (SSSR count). The quantitative estimate of drug-likeness (QED) is 0.908. The van der Waals surface area contributed by atoms with Crippen molar-refractivity contribution >= 4 is 27.9 Å². The van der Waals surface area contributed by atoms with Crippen LogP contribution in [0.15, 0.2) is 30.6 Å². The average molecular weight is 290 g/mol. The number of aromatic nitrogens is 1. The van der Waals surface area contributed by atoms with Gasteiger partial charge in [0.1, 0.15) is 4.88 Å². The fraction of sp³-hybridized carbons (Fsp3) is 0.286. The number of nitrogens with one attached hydrogen (secondary N) is 1. The summed E-state index contributed by atoms with van der Waals surface area (Å²) < 4.78 is 0. The number of carbonyl (C=O) groups is 1. The van der Waals surface area contributed by atoms with Gasteiger partial charge in [0, 0.05) is 26.5 Å². The molecule has 20 heavy (non-hydrogen) atoms. The highest BCUT2D eigenvalue weighted by Gasteiger charge is 2.17. The molecule has 2 aromatic heterocycles. The van der Waals surface area contributed by atoms with Crippen LogP contribution in [0.1, 0.15) is 28.2 Å². The zero-order chi connectivity index (χ0) is 14.7. The van der Waals surface area contributed by atoms with Crippen LogP contribution in [-0.4, -0.2) is 29.9 Å². The molecule has 0 aliphatic heterocycles. The molecule has 6 heteroatoms. The molecule has 2 aromatic rings. The molecule has 0 spiro atoms. The number of amides is 1. The average Bonchev–Trinajstić information content (AvgIpc) is 2.79. The molecular weight excluding hydrogens is 272 g/mol. The van der Waals surface area contributed by atoms with Gasteiger partial charge in [-0.2, -0.15) is 0 Å². The fourth-order valence-corrected chi connectivity index (χ4v) is 2.86. The third-order valence-electron chi connectivity index (χ3n) is 2.90. The van der Waals surface area contributed by atoms with Crippen LogP contribution in [0.5, 0.6) is 0 Å². The van der Waals surface area contributed by atoms with Crippen molar-refractivity contribution in [3.63, 3.8) is 0 Å². The summed E-state index contributed by atoms with van der Waals surface area (Å²) >= 11 is 1.37. The van der Waals surface area contributed by atoms with Gasteiger partial charge in [0.25, 0.3) is 5.91 Å². The van der Waals surface area contributed by atoms with Crippen molar-refractivity contribution in [2.75, 3.05) is 25.1 Å². The number of nitrogens with two attached hydrogens (primary N) is 1. The van der Waals surface area contributed by atoms with E-state index in [4.69, 9.17) is 5.73 Å². The highest BCUT2D eigenvalue weighted by Crippen LogP contribution is 2.32. The van der Waals surface area contributed by atoms with Crippen LogP contribution in [-0.2, 0) is 0 Å². The molecule has 106 valence electrons. The van der Waals surface area contributed by atoms with E-state index in [0.717, 1.165) is 10.6 Å². The van der Waals surface area contributed by atoms with Gasteiger partial charge in [-0.15, -0.1) is 11.3 Å². The summed E-state index contributed by atoms with van der Waals surface area (Å²) in [6.45, 7) is 2.04. The van der Waals surface area contributed by atoms with Gasteiger partial charge in [0.15, 0.2) is 0 Å². The maximum Gasteiger partial charge on any atom is 0.265 e. The van der Waals surface area contributed by atoms with Gasteiger partial charge in [-0.1, -0.05) is 6.07 Å². The Bertz CT molecular complexity index is 594. The van der Waals surface area contributed by atoms with Gasteiger partial charge < -0.3 is 16.0 Å². The third kappa shape index (κ3) is 3.08. The van der Waals surface area contributed by atoms with E-state index in [0.29, 0.717) is 10.6 Å². The van der Waals surface area contributed by atoms with E-state index >= 15 is 0 Å². The van der Waals surface area contributed by atoms with Crippen LogP contribution in [0.4, 0.5) is 10.7 Å². The maximum atomic E-state index is 12.0. The molecule has 0 aliphatic carbocycles. The molecule has 0 radical (unpaired) electrons. The number of anilines is 2. The van der Waals surface area contributed by atoms with Crippen molar-refractivity contribution in [3.05, 3.63) is 41.0 Å². The molecular formula is C14H18N4OS. The number of pyridine rings is 1. The first-order valence-electron chi connectivity index (χ1n) is 6.26. The fourth-order valence-electron chi connectivity index (χ4n) is 1.78. The predicted molar refractivity (Wildman–Crippen MR) is 83.0 cm³/mol. The van der Waals surface area contributed by atoms with Gasteiger partial charge in [-0.25, -0.2) is 0 Å². The second kappa shape index (κ2) is 5.92. The van der Waals surface area contributed by atoms with Crippen LogP contribution >= 0.6 is 11.3 Å². The summed E-state index contributed by atoms with van der Waals surface area (Å²) in [6, 6.07) is 5.81. The van der Waals surface area contributed by atoms with Gasteiger partial charge >= 0.3 is 0 Å². The largest absolute Gasteiger partial charge is 0.397 e. The number of carbonyl (C=O) groups excluding carboxylic acids is 1. The Morgan fingerprint density at radius 2 is 2.25 bits per heavy atom. The molecule has 2 heterocycles. The van der Waals surface area contributed by atoms with Crippen LogP contribution in [0.2, 0.25) is 0 Å². The molecule has 0 fully saturated rings. The Morgan fingerprint density at radius 3 is 2.85 bits per heavy atom. The summed E-state index contributed by atoms with van der Waals surface area (Å²) in [5.74, 6) is -0.0745. The minimum Gasteiger partial charge on any atom is -0.397 e. The molecule has 1 unspecified atom stereocenters. The molecule has 1 amide bonds. The molecule has 0 saturated carbocycles. The smallest absolute Gasteiger partial charge is 0.265 e. The molecule has 0 bridgehead atoms. The van der Waals surface area contributed by atoms with Crippen LogP contribution in [0.25, 0.3) is 0 Å². The second-order valence-electron chi connectivity index (χ2n) is 4.75. The van der Waals surface area contributed by atoms with Gasteiger partial charge in [0.2, 0.25) is 0 Å². The Labute approximate surface area is 122 Å². The predicted octanol–water partition coefficient (Wildman–Crippen LogP) is 2.60. The molecule has 0 saturated heterocycles. The topological polar surface area (TPSA) is 71.2 Å². The number of hydrogen-bond donors (Lipinski definition) is 2.